The molecular weight excluding hydrogens is 513 g/mol. The molecule has 0 spiro atoms. The molecule has 1 aliphatic rings. The Morgan fingerprint density at radius 1 is 0.900 bits per heavy atom. The zero-order valence-electron chi connectivity index (χ0n) is 22.4. The summed E-state index contributed by atoms with van der Waals surface area (Å²) in [5, 5.41) is 0.724. The number of para-hydroxylation sites is 1. The monoisotopic (exact) mass is 543 g/mol. The van der Waals surface area contributed by atoms with E-state index in [1.54, 1.807) is 55.3 Å². The van der Waals surface area contributed by atoms with E-state index in [1.807, 2.05) is 29.2 Å². The number of hydrogen-bond donors (Lipinski definition) is 0. The fourth-order valence-electron chi connectivity index (χ4n) is 5.08. The van der Waals surface area contributed by atoms with Gasteiger partial charge in [-0.25, -0.2) is 9.18 Å². The molecule has 1 amide bonds. The van der Waals surface area contributed by atoms with E-state index in [4.69, 9.17) is 9.47 Å². The van der Waals surface area contributed by atoms with Crippen molar-refractivity contribution in [3.8, 4) is 5.75 Å². The predicted octanol–water partition coefficient (Wildman–Crippen LogP) is 4.34. The van der Waals surface area contributed by atoms with Crippen LogP contribution in [0.1, 0.15) is 33.2 Å². The molecule has 0 unspecified atom stereocenters. The molecule has 0 radical (unpaired) electrons. The molecule has 0 saturated carbocycles. The largest absolute Gasteiger partial charge is 0.497 e. The van der Waals surface area contributed by atoms with Crippen molar-refractivity contribution in [1.29, 1.82) is 0 Å². The van der Waals surface area contributed by atoms with Gasteiger partial charge in [0.2, 0.25) is 0 Å². The Labute approximate surface area is 231 Å². The molecule has 0 bridgehead atoms. The van der Waals surface area contributed by atoms with Crippen molar-refractivity contribution in [1.82, 2.24) is 9.47 Å². The van der Waals surface area contributed by atoms with Gasteiger partial charge in [0.1, 0.15) is 17.1 Å². The van der Waals surface area contributed by atoms with Crippen LogP contribution < -0.4 is 15.2 Å². The molecule has 206 valence electrons. The lowest BCUT2D eigenvalue weighted by Crippen LogP contribution is -2.49. The summed E-state index contributed by atoms with van der Waals surface area (Å²) < 4.78 is 25.6. The zero-order valence-corrected chi connectivity index (χ0v) is 22.4. The first-order valence-electron chi connectivity index (χ1n) is 13.2. The first-order valence-corrected chi connectivity index (χ1v) is 13.2. The van der Waals surface area contributed by atoms with Gasteiger partial charge in [-0.3, -0.25) is 9.59 Å². The van der Waals surface area contributed by atoms with Gasteiger partial charge in [0, 0.05) is 37.1 Å². The molecule has 0 atom stereocenters. The van der Waals surface area contributed by atoms with Crippen LogP contribution in [0.15, 0.2) is 77.6 Å². The Hall–Kier alpha value is -4.66. The van der Waals surface area contributed by atoms with Crippen LogP contribution in [0.2, 0.25) is 0 Å². The van der Waals surface area contributed by atoms with E-state index in [0.29, 0.717) is 48.7 Å². The summed E-state index contributed by atoms with van der Waals surface area (Å²) >= 11 is 0. The van der Waals surface area contributed by atoms with Crippen LogP contribution >= 0.6 is 0 Å². The molecule has 9 heteroatoms. The number of amides is 1. The molecule has 5 rings (SSSR count). The number of halogens is 1. The number of esters is 1. The number of carbonyl (C=O) groups is 2. The summed E-state index contributed by atoms with van der Waals surface area (Å²) in [4.78, 5) is 44.0. The minimum absolute atomic E-state index is 0.0439. The maximum atomic E-state index is 13.9. The number of aromatic nitrogens is 1. The van der Waals surface area contributed by atoms with Gasteiger partial charge >= 0.3 is 5.97 Å². The molecule has 3 aromatic carbocycles. The molecule has 0 aliphatic carbocycles. The fraction of sp³-hybridized carbons (Fsp3) is 0.258. The van der Waals surface area contributed by atoms with Crippen LogP contribution in [0.4, 0.5) is 10.1 Å². The highest BCUT2D eigenvalue weighted by molar-refractivity contribution is 6.05. The van der Waals surface area contributed by atoms with E-state index >= 15 is 0 Å². The number of benzene rings is 3. The number of fused-ring (bicyclic) bond motifs is 1. The van der Waals surface area contributed by atoms with Gasteiger partial charge in [0.05, 0.1) is 31.5 Å². The van der Waals surface area contributed by atoms with Crippen LogP contribution in [-0.2, 0) is 11.3 Å². The van der Waals surface area contributed by atoms with Gasteiger partial charge in [0.25, 0.3) is 11.5 Å². The number of carbonyl (C=O) groups excluding carboxylic acids is 2. The van der Waals surface area contributed by atoms with Crippen molar-refractivity contribution in [3.63, 3.8) is 0 Å². The van der Waals surface area contributed by atoms with E-state index < -0.39 is 11.5 Å². The van der Waals surface area contributed by atoms with Gasteiger partial charge in [-0.15, -0.1) is 0 Å². The molecule has 40 heavy (non-hydrogen) atoms. The second-order valence-electron chi connectivity index (χ2n) is 9.49. The van der Waals surface area contributed by atoms with E-state index in [9.17, 15) is 18.8 Å². The Morgan fingerprint density at radius 2 is 1.57 bits per heavy atom. The number of pyridine rings is 1. The van der Waals surface area contributed by atoms with Crippen LogP contribution in [-0.4, -0.2) is 61.2 Å². The van der Waals surface area contributed by atoms with Gasteiger partial charge in [-0.2, -0.15) is 0 Å². The summed E-state index contributed by atoms with van der Waals surface area (Å²) in [6.07, 6.45) is 0. The number of ether oxygens (including phenoxy) is 2. The normalized spacial score (nSPS) is 13.4. The zero-order chi connectivity index (χ0) is 28.2. The molecule has 0 N–H and O–H groups in total. The molecule has 1 aromatic heterocycles. The van der Waals surface area contributed by atoms with E-state index in [-0.39, 0.29) is 30.4 Å². The number of hydrogen-bond acceptors (Lipinski definition) is 6. The molecule has 1 aliphatic heterocycles. The highest BCUT2D eigenvalue weighted by atomic mass is 19.1. The van der Waals surface area contributed by atoms with Crippen molar-refractivity contribution in [2.75, 3.05) is 44.8 Å². The number of methoxy groups -OCH3 is 1. The highest BCUT2D eigenvalue weighted by Gasteiger charge is 2.30. The Bertz CT molecular complexity index is 1590. The molecule has 8 nitrogen and oxygen atoms in total. The fourth-order valence-corrected chi connectivity index (χ4v) is 5.08. The Balaban J connectivity index is 1.51. The summed E-state index contributed by atoms with van der Waals surface area (Å²) in [7, 11) is 1.57. The quantitative estimate of drug-likeness (QED) is 0.323. The van der Waals surface area contributed by atoms with Crippen LogP contribution in [0.5, 0.6) is 5.75 Å². The molecule has 1 saturated heterocycles. The summed E-state index contributed by atoms with van der Waals surface area (Å²) in [6.45, 7) is 3.67. The van der Waals surface area contributed by atoms with Crippen molar-refractivity contribution >= 4 is 28.5 Å². The van der Waals surface area contributed by atoms with Crippen LogP contribution in [0.3, 0.4) is 0 Å². The van der Waals surface area contributed by atoms with Gasteiger partial charge < -0.3 is 23.8 Å². The third-order valence-corrected chi connectivity index (χ3v) is 7.10. The van der Waals surface area contributed by atoms with Gasteiger partial charge in [-0.1, -0.05) is 30.3 Å². The standard InChI is InChI=1S/C31H30FN3O5/c1-3-40-31(38)27-28(33-16-18-34(19-17-33)29(36)22-10-14-24(39-2)15-11-22)25-6-4-5-7-26(25)35(30(27)37)20-21-8-12-23(32)13-9-21/h4-15H,3,16-20H2,1-2H3. The average Bonchev–Trinajstić information content (AvgIpc) is 2.99. The molecule has 2 heterocycles. The number of anilines is 1. The first-order chi connectivity index (χ1) is 19.4. The Kier molecular flexibility index (Phi) is 7.82. The second kappa shape index (κ2) is 11.6. The van der Waals surface area contributed by atoms with Crippen molar-refractivity contribution in [2.24, 2.45) is 0 Å². The van der Waals surface area contributed by atoms with Gasteiger partial charge in [0.15, 0.2) is 0 Å². The number of rotatable bonds is 7. The summed E-state index contributed by atoms with van der Waals surface area (Å²) in [5.41, 5.74) is 1.92. The van der Waals surface area contributed by atoms with Crippen molar-refractivity contribution < 1.29 is 23.5 Å². The Morgan fingerprint density at radius 3 is 2.23 bits per heavy atom. The molecule has 4 aromatic rings. The lowest BCUT2D eigenvalue weighted by atomic mass is 10.0. The SMILES string of the molecule is CCOC(=O)c1c(N2CCN(C(=O)c3ccc(OC)cc3)CC2)c2ccccc2n(Cc2ccc(F)cc2)c1=O. The summed E-state index contributed by atoms with van der Waals surface area (Å²) in [6, 6.07) is 20.3. The topological polar surface area (TPSA) is 81.1 Å². The van der Waals surface area contributed by atoms with Gasteiger partial charge in [-0.05, 0) is 55.0 Å². The van der Waals surface area contributed by atoms with Crippen molar-refractivity contribution in [3.05, 3.63) is 106 Å². The third kappa shape index (κ3) is 5.27. The molecule has 1 fully saturated rings. The maximum absolute atomic E-state index is 13.9. The smallest absolute Gasteiger partial charge is 0.345 e. The van der Waals surface area contributed by atoms with Crippen molar-refractivity contribution in [2.45, 2.75) is 13.5 Å². The minimum Gasteiger partial charge on any atom is -0.497 e. The number of nitrogens with zero attached hydrogens (tertiary/aromatic N) is 3. The maximum Gasteiger partial charge on any atom is 0.345 e. The van der Waals surface area contributed by atoms with Crippen LogP contribution in [0, 0.1) is 5.82 Å². The first kappa shape index (κ1) is 26.9. The minimum atomic E-state index is -0.696. The third-order valence-electron chi connectivity index (χ3n) is 7.10. The lowest BCUT2D eigenvalue weighted by molar-refractivity contribution is 0.0523. The van der Waals surface area contributed by atoms with E-state index in [2.05, 4.69) is 0 Å². The highest BCUT2D eigenvalue weighted by Crippen LogP contribution is 2.31. The number of piperazine rings is 1. The van der Waals surface area contributed by atoms with E-state index in [1.165, 1.54) is 16.7 Å². The lowest BCUT2D eigenvalue weighted by Gasteiger charge is -2.37. The average molecular weight is 544 g/mol. The summed E-state index contributed by atoms with van der Waals surface area (Å²) in [5.74, 6) is -0.479. The molecular formula is C31H30FN3O5. The predicted molar refractivity (Wildman–Crippen MR) is 151 cm³/mol. The van der Waals surface area contributed by atoms with E-state index in [0.717, 1.165) is 10.9 Å². The van der Waals surface area contributed by atoms with Crippen LogP contribution in [0.25, 0.3) is 10.9 Å². The second-order valence-corrected chi connectivity index (χ2v) is 9.49.